The summed E-state index contributed by atoms with van der Waals surface area (Å²) < 4.78 is 2.10. The van der Waals surface area contributed by atoms with Crippen LogP contribution in [0.25, 0.3) is 5.69 Å². The minimum absolute atomic E-state index is 0.418. The molecule has 0 fully saturated rings. The molecule has 0 aliphatic heterocycles. The van der Waals surface area contributed by atoms with Gasteiger partial charge in [0.2, 0.25) is 0 Å². The van der Waals surface area contributed by atoms with Crippen LogP contribution in [0.3, 0.4) is 0 Å². The van der Waals surface area contributed by atoms with Gasteiger partial charge in [-0.3, -0.25) is 0 Å². The van der Waals surface area contributed by atoms with Gasteiger partial charge >= 0.3 is 0 Å². The van der Waals surface area contributed by atoms with E-state index in [-0.39, 0.29) is 0 Å². The summed E-state index contributed by atoms with van der Waals surface area (Å²) in [6, 6.07) is 11.4. The molecule has 0 radical (unpaired) electrons. The van der Waals surface area contributed by atoms with Crippen molar-refractivity contribution in [2.45, 2.75) is 53.0 Å². The Morgan fingerprint density at radius 1 is 1.10 bits per heavy atom. The van der Waals surface area contributed by atoms with Gasteiger partial charge in [0.15, 0.2) is 0 Å². The van der Waals surface area contributed by atoms with E-state index < -0.39 is 0 Å². The molecule has 1 aromatic heterocycles. The molecule has 1 unspecified atom stereocenters. The molecule has 1 heterocycles. The van der Waals surface area contributed by atoms with Crippen LogP contribution in [0.1, 0.15) is 57.1 Å². The average Bonchev–Trinajstić information content (AvgIpc) is 2.96. The SMILES string of the molecule is CCNC(CC)c1cccc(-n2nc(CC)cc2CC)c1. The minimum atomic E-state index is 0.418. The molecule has 3 heteroatoms. The molecule has 0 aliphatic rings. The highest BCUT2D eigenvalue weighted by Gasteiger charge is 2.11. The van der Waals surface area contributed by atoms with E-state index in [1.54, 1.807) is 0 Å². The maximum Gasteiger partial charge on any atom is 0.0652 e. The van der Waals surface area contributed by atoms with Crippen LogP contribution < -0.4 is 5.32 Å². The lowest BCUT2D eigenvalue weighted by molar-refractivity contribution is 0.537. The molecule has 2 aromatic rings. The second-order valence-corrected chi connectivity index (χ2v) is 5.36. The number of benzene rings is 1. The molecule has 1 N–H and O–H groups in total. The highest BCUT2D eigenvalue weighted by Crippen LogP contribution is 2.21. The van der Waals surface area contributed by atoms with Crippen LogP contribution >= 0.6 is 0 Å². The number of rotatable bonds is 7. The molecular weight excluding hydrogens is 258 g/mol. The van der Waals surface area contributed by atoms with Crippen molar-refractivity contribution in [3.8, 4) is 5.69 Å². The maximum atomic E-state index is 4.74. The van der Waals surface area contributed by atoms with Crippen LogP contribution in [0.4, 0.5) is 0 Å². The quantitative estimate of drug-likeness (QED) is 0.831. The van der Waals surface area contributed by atoms with Crippen molar-refractivity contribution in [2.75, 3.05) is 6.54 Å². The molecular formula is C18H27N3. The summed E-state index contributed by atoms with van der Waals surface area (Å²) in [6.45, 7) is 9.71. The van der Waals surface area contributed by atoms with Crippen molar-refractivity contribution < 1.29 is 0 Å². The van der Waals surface area contributed by atoms with E-state index in [1.807, 2.05) is 0 Å². The third kappa shape index (κ3) is 3.53. The van der Waals surface area contributed by atoms with Gasteiger partial charge in [-0.1, -0.05) is 39.8 Å². The molecule has 0 aliphatic carbocycles. The van der Waals surface area contributed by atoms with Crippen molar-refractivity contribution in [3.05, 3.63) is 47.3 Å². The van der Waals surface area contributed by atoms with E-state index in [1.165, 1.54) is 16.9 Å². The monoisotopic (exact) mass is 285 g/mol. The van der Waals surface area contributed by atoms with Gasteiger partial charge in [0.1, 0.15) is 0 Å². The summed E-state index contributed by atoms with van der Waals surface area (Å²) >= 11 is 0. The van der Waals surface area contributed by atoms with E-state index in [0.29, 0.717) is 6.04 Å². The molecule has 0 saturated carbocycles. The zero-order valence-corrected chi connectivity index (χ0v) is 13.7. The standard InChI is InChI=1S/C18H27N3/c1-5-15-13-16(6-2)21(20-15)17-11-9-10-14(12-17)18(7-3)19-8-4/h9-13,18-19H,5-8H2,1-4H3. The lowest BCUT2D eigenvalue weighted by Gasteiger charge is -2.17. The largest absolute Gasteiger partial charge is 0.310 e. The topological polar surface area (TPSA) is 29.9 Å². The Balaban J connectivity index is 2.38. The van der Waals surface area contributed by atoms with E-state index in [0.717, 1.165) is 31.5 Å². The smallest absolute Gasteiger partial charge is 0.0652 e. The molecule has 2 rings (SSSR count). The predicted octanol–water partition coefficient (Wildman–Crippen LogP) is 4.06. The van der Waals surface area contributed by atoms with Gasteiger partial charge in [-0.25, -0.2) is 4.68 Å². The summed E-state index contributed by atoms with van der Waals surface area (Å²) in [5.74, 6) is 0. The van der Waals surface area contributed by atoms with E-state index in [4.69, 9.17) is 5.10 Å². The number of aryl methyl sites for hydroxylation is 2. The molecule has 0 amide bonds. The van der Waals surface area contributed by atoms with E-state index in [2.05, 4.69) is 68.0 Å². The Morgan fingerprint density at radius 2 is 1.90 bits per heavy atom. The summed E-state index contributed by atoms with van der Waals surface area (Å²) in [5.41, 5.74) is 4.95. The highest BCUT2D eigenvalue weighted by atomic mass is 15.3. The van der Waals surface area contributed by atoms with Gasteiger partial charge in [0, 0.05) is 11.7 Å². The lowest BCUT2D eigenvalue weighted by atomic mass is 10.0. The average molecular weight is 285 g/mol. The number of nitrogens with one attached hydrogen (secondary N) is 1. The first-order valence-electron chi connectivity index (χ1n) is 8.14. The van der Waals surface area contributed by atoms with Gasteiger partial charge in [0.25, 0.3) is 0 Å². The lowest BCUT2D eigenvalue weighted by Crippen LogP contribution is -2.20. The van der Waals surface area contributed by atoms with Crippen LogP contribution in [0.2, 0.25) is 0 Å². The van der Waals surface area contributed by atoms with Gasteiger partial charge in [-0.05, 0) is 49.6 Å². The van der Waals surface area contributed by atoms with Crippen LogP contribution in [0, 0.1) is 0 Å². The number of hydrogen-bond acceptors (Lipinski definition) is 2. The first kappa shape index (κ1) is 15.8. The second kappa shape index (κ2) is 7.41. The molecule has 1 atom stereocenters. The number of nitrogens with zero attached hydrogens (tertiary/aromatic N) is 2. The molecule has 21 heavy (non-hydrogen) atoms. The number of hydrogen-bond donors (Lipinski definition) is 1. The fourth-order valence-corrected chi connectivity index (χ4v) is 2.74. The fourth-order valence-electron chi connectivity index (χ4n) is 2.74. The van der Waals surface area contributed by atoms with Gasteiger partial charge in [0.05, 0.1) is 11.4 Å². The van der Waals surface area contributed by atoms with Crippen molar-refractivity contribution in [1.29, 1.82) is 0 Å². The van der Waals surface area contributed by atoms with Gasteiger partial charge in [-0.2, -0.15) is 5.10 Å². The minimum Gasteiger partial charge on any atom is -0.310 e. The molecule has 3 nitrogen and oxygen atoms in total. The molecule has 0 spiro atoms. The highest BCUT2D eigenvalue weighted by molar-refractivity contribution is 5.38. The second-order valence-electron chi connectivity index (χ2n) is 5.36. The van der Waals surface area contributed by atoms with Gasteiger partial charge < -0.3 is 5.32 Å². The van der Waals surface area contributed by atoms with Crippen molar-refractivity contribution in [3.63, 3.8) is 0 Å². The number of aromatic nitrogens is 2. The molecule has 0 bridgehead atoms. The first-order valence-corrected chi connectivity index (χ1v) is 8.14. The van der Waals surface area contributed by atoms with Crippen LogP contribution in [0.5, 0.6) is 0 Å². The first-order chi connectivity index (χ1) is 10.2. The maximum absolute atomic E-state index is 4.74. The third-order valence-electron chi connectivity index (χ3n) is 3.93. The Kier molecular flexibility index (Phi) is 5.57. The van der Waals surface area contributed by atoms with Crippen LogP contribution in [-0.4, -0.2) is 16.3 Å². The molecule has 114 valence electrons. The summed E-state index contributed by atoms with van der Waals surface area (Å²) in [5, 5.41) is 8.28. The van der Waals surface area contributed by atoms with E-state index >= 15 is 0 Å². The Hall–Kier alpha value is -1.61. The summed E-state index contributed by atoms with van der Waals surface area (Å²) in [6.07, 6.45) is 3.08. The summed E-state index contributed by atoms with van der Waals surface area (Å²) in [7, 11) is 0. The van der Waals surface area contributed by atoms with Crippen molar-refractivity contribution in [2.24, 2.45) is 0 Å². The normalized spacial score (nSPS) is 12.6. The predicted molar refractivity (Wildman–Crippen MR) is 89.0 cm³/mol. The Labute approximate surface area is 128 Å². The van der Waals surface area contributed by atoms with Crippen molar-refractivity contribution >= 4 is 0 Å². The zero-order chi connectivity index (χ0) is 15.2. The van der Waals surface area contributed by atoms with Crippen molar-refractivity contribution in [1.82, 2.24) is 15.1 Å². The van der Waals surface area contributed by atoms with Crippen LogP contribution in [-0.2, 0) is 12.8 Å². The molecule has 1 aromatic carbocycles. The Morgan fingerprint density at radius 3 is 2.52 bits per heavy atom. The molecule has 0 saturated heterocycles. The van der Waals surface area contributed by atoms with Crippen LogP contribution in [0.15, 0.2) is 30.3 Å². The fraction of sp³-hybridized carbons (Fsp3) is 0.500. The third-order valence-corrected chi connectivity index (χ3v) is 3.93. The zero-order valence-electron chi connectivity index (χ0n) is 13.7. The Bertz CT molecular complexity index is 572. The van der Waals surface area contributed by atoms with Gasteiger partial charge in [-0.15, -0.1) is 0 Å². The summed E-state index contributed by atoms with van der Waals surface area (Å²) in [4.78, 5) is 0. The van der Waals surface area contributed by atoms with E-state index in [9.17, 15) is 0 Å².